The van der Waals surface area contributed by atoms with E-state index in [1.54, 1.807) is 6.07 Å². The summed E-state index contributed by atoms with van der Waals surface area (Å²) in [6.07, 6.45) is 0. The van der Waals surface area contributed by atoms with Gasteiger partial charge >= 0.3 is 0 Å². The number of benzene rings is 1. The van der Waals surface area contributed by atoms with Crippen LogP contribution in [0.5, 0.6) is 11.5 Å². The fraction of sp³-hybridized carbons (Fsp3) is 0.400. The van der Waals surface area contributed by atoms with Crippen LogP contribution in [0.3, 0.4) is 0 Å². The van der Waals surface area contributed by atoms with Gasteiger partial charge in [0, 0.05) is 6.54 Å². The number of rotatable bonds is 3. The molecule has 0 amide bonds. The Kier molecular flexibility index (Phi) is 2.54. The zero-order chi connectivity index (χ0) is 9.97. The molecular weight excluding hydrogens is 185 g/mol. The third-order valence-corrected chi connectivity index (χ3v) is 2.21. The molecule has 0 aromatic heterocycles. The van der Waals surface area contributed by atoms with E-state index >= 15 is 0 Å². The van der Waals surface area contributed by atoms with Crippen molar-refractivity contribution in [3.05, 3.63) is 23.3 Å². The number of hydrogen-bond acceptors (Lipinski definition) is 3. The maximum atomic E-state index is 12.7. The fourth-order valence-corrected chi connectivity index (χ4v) is 1.51. The Bertz CT molecular complexity index is 341. The summed E-state index contributed by atoms with van der Waals surface area (Å²) in [6, 6.07) is 3.53. The molecule has 0 bridgehead atoms. The van der Waals surface area contributed by atoms with Crippen molar-refractivity contribution in [1.82, 2.24) is 5.32 Å². The average molecular weight is 197 g/mol. The molecule has 1 aliphatic rings. The third-order valence-electron chi connectivity index (χ3n) is 2.21. The molecule has 14 heavy (non-hydrogen) atoms. The van der Waals surface area contributed by atoms with Crippen molar-refractivity contribution in [2.75, 3.05) is 13.8 Å². The highest BCUT2D eigenvalue weighted by molar-refractivity contribution is 5.48. The second-order valence-electron chi connectivity index (χ2n) is 3.14. The molecule has 2 rings (SSSR count). The van der Waals surface area contributed by atoms with Crippen LogP contribution in [-0.4, -0.2) is 13.8 Å². The summed E-state index contributed by atoms with van der Waals surface area (Å²) in [5.41, 5.74) is 1.57. The van der Waals surface area contributed by atoms with Crippen molar-refractivity contribution in [1.29, 1.82) is 0 Å². The van der Waals surface area contributed by atoms with E-state index in [1.165, 1.54) is 0 Å². The summed E-state index contributed by atoms with van der Waals surface area (Å²) >= 11 is 0. The van der Waals surface area contributed by atoms with E-state index in [0.717, 1.165) is 5.56 Å². The van der Waals surface area contributed by atoms with Crippen LogP contribution >= 0.6 is 0 Å². The van der Waals surface area contributed by atoms with Gasteiger partial charge in [0.05, 0.1) is 0 Å². The molecule has 0 aliphatic carbocycles. The van der Waals surface area contributed by atoms with E-state index in [9.17, 15) is 4.39 Å². The molecule has 1 aliphatic heterocycles. The minimum Gasteiger partial charge on any atom is -0.454 e. The Morgan fingerprint density at radius 3 is 2.50 bits per heavy atom. The lowest BCUT2D eigenvalue weighted by molar-refractivity contribution is 0.174. The largest absolute Gasteiger partial charge is 0.454 e. The van der Waals surface area contributed by atoms with Gasteiger partial charge in [0.2, 0.25) is 6.79 Å². The fourth-order valence-electron chi connectivity index (χ4n) is 1.51. The van der Waals surface area contributed by atoms with Crippen molar-refractivity contribution in [2.24, 2.45) is 0 Å². The van der Waals surface area contributed by atoms with Crippen molar-refractivity contribution in [3.63, 3.8) is 0 Å². The van der Waals surface area contributed by atoms with E-state index < -0.39 is 6.67 Å². The lowest BCUT2D eigenvalue weighted by Crippen LogP contribution is -2.07. The summed E-state index contributed by atoms with van der Waals surface area (Å²) in [6.45, 7) is 0.383. The minimum absolute atomic E-state index is 0.226. The van der Waals surface area contributed by atoms with Crippen molar-refractivity contribution < 1.29 is 13.9 Å². The molecule has 0 saturated carbocycles. The molecular formula is C10H12FNO2. The summed E-state index contributed by atoms with van der Waals surface area (Å²) in [7, 11) is 1.83. The molecule has 1 N–H and O–H groups in total. The smallest absolute Gasteiger partial charge is 0.231 e. The molecule has 76 valence electrons. The average Bonchev–Trinajstić information content (AvgIpc) is 2.64. The zero-order valence-electron chi connectivity index (χ0n) is 7.97. The molecule has 0 radical (unpaired) electrons. The quantitative estimate of drug-likeness (QED) is 0.798. The van der Waals surface area contributed by atoms with Gasteiger partial charge in [-0.2, -0.15) is 0 Å². The van der Waals surface area contributed by atoms with Gasteiger partial charge < -0.3 is 14.8 Å². The van der Waals surface area contributed by atoms with Gasteiger partial charge in [-0.25, -0.2) is 4.39 Å². The number of hydrogen-bond donors (Lipinski definition) is 1. The Balaban J connectivity index is 2.38. The van der Waals surface area contributed by atoms with Gasteiger partial charge in [-0.1, -0.05) is 0 Å². The van der Waals surface area contributed by atoms with E-state index in [1.807, 2.05) is 13.1 Å². The van der Waals surface area contributed by atoms with Gasteiger partial charge in [0.25, 0.3) is 0 Å². The van der Waals surface area contributed by atoms with Crippen LogP contribution in [0.15, 0.2) is 12.1 Å². The van der Waals surface area contributed by atoms with E-state index in [0.29, 0.717) is 23.6 Å². The highest BCUT2D eigenvalue weighted by atomic mass is 19.1. The van der Waals surface area contributed by atoms with Crippen molar-refractivity contribution in [2.45, 2.75) is 13.2 Å². The van der Waals surface area contributed by atoms with Crippen LogP contribution in [0.25, 0.3) is 0 Å². The van der Waals surface area contributed by atoms with Gasteiger partial charge in [-0.3, -0.25) is 0 Å². The Morgan fingerprint density at radius 1 is 1.29 bits per heavy atom. The first kappa shape index (κ1) is 9.27. The summed E-state index contributed by atoms with van der Waals surface area (Å²) in [5, 5.41) is 2.99. The molecule has 4 heteroatoms. The predicted molar refractivity (Wildman–Crippen MR) is 50.1 cm³/mol. The number of halogens is 1. The highest BCUT2D eigenvalue weighted by Crippen LogP contribution is 2.35. The van der Waals surface area contributed by atoms with Crippen LogP contribution in [0.4, 0.5) is 4.39 Å². The number of ether oxygens (including phenoxy) is 2. The monoisotopic (exact) mass is 197 g/mol. The molecule has 0 atom stereocenters. The van der Waals surface area contributed by atoms with Crippen LogP contribution in [-0.2, 0) is 13.2 Å². The Labute approximate surface area is 81.8 Å². The standard InChI is InChI=1S/C10H12FNO2/c1-12-5-8-3-10-9(13-6-14-10)2-7(8)4-11/h2-3,12H,4-6H2,1H3. The second kappa shape index (κ2) is 3.84. The first-order valence-corrected chi connectivity index (χ1v) is 4.47. The van der Waals surface area contributed by atoms with Gasteiger partial charge in [-0.05, 0) is 30.3 Å². The Morgan fingerprint density at radius 2 is 1.93 bits per heavy atom. The van der Waals surface area contributed by atoms with E-state index in [2.05, 4.69) is 5.32 Å². The summed E-state index contributed by atoms with van der Waals surface area (Å²) < 4.78 is 23.0. The molecule has 0 saturated heterocycles. The van der Waals surface area contributed by atoms with Crippen molar-refractivity contribution >= 4 is 0 Å². The van der Waals surface area contributed by atoms with Crippen LogP contribution in [0, 0.1) is 0 Å². The molecule has 1 aromatic rings. The molecule has 0 spiro atoms. The predicted octanol–water partition coefficient (Wildman–Crippen LogP) is 1.60. The topological polar surface area (TPSA) is 30.5 Å². The summed E-state index contributed by atoms with van der Waals surface area (Å²) in [5.74, 6) is 1.34. The second-order valence-corrected chi connectivity index (χ2v) is 3.14. The van der Waals surface area contributed by atoms with Crippen LogP contribution in [0.1, 0.15) is 11.1 Å². The molecule has 1 aromatic carbocycles. The molecule has 1 heterocycles. The number of fused-ring (bicyclic) bond motifs is 1. The minimum atomic E-state index is -0.479. The van der Waals surface area contributed by atoms with E-state index in [4.69, 9.17) is 9.47 Å². The van der Waals surface area contributed by atoms with E-state index in [-0.39, 0.29) is 6.79 Å². The lowest BCUT2D eigenvalue weighted by Gasteiger charge is -2.07. The van der Waals surface area contributed by atoms with Gasteiger partial charge in [-0.15, -0.1) is 0 Å². The van der Waals surface area contributed by atoms with Crippen LogP contribution < -0.4 is 14.8 Å². The van der Waals surface area contributed by atoms with Gasteiger partial charge in [0.1, 0.15) is 6.67 Å². The van der Waals surface area contributed by atoms with Crippen molar-refractivity contribution in [3.8, 4) is 11.5 Å². The first-order chi connectivity index (χ1) is 6.85. The normalized spacial score (nSPS) is 13.3. The Hall–Kier alpha value is -1.29. The lowest BCUT2D eigenvalue weighted by atomic mass is 10.1. The molecule has 0 fully saturated rings. The summed E-state index contributed by atoms with van der Waals surface area (Å²) in [4.78, 5) is 0. The highest BCUT2D eigenvalue weighted by Gasteiger charge is 2.16. The number of nitrogens with one attached hydrogen (secondary N) is 1. The maximum Gasteiger partial charge on any atom is 0.231 e. The third kappa shape index (κ3) is 1.53. The first-order valence-electron chi connectivity index (χ1n) is 4.47. The SMILES string of the molecule is CNCc1cc2c(cc1CF)OCO2. The zero-order valence-corrected chi connectivity index (χ0v) is 7.97. The number of alkyl halides is 1. The molecule has 0 unspecified atom stereocenters. The molecule has 3 nitrogen and oxygen atoms in total. The van der Waals surface area contributed by atoms with Gasteiger partial charge in [0.15, 0.2) is 11.5 Å². The van der Waals surface area contributed by atoms with Crippen LogP contribution in [0.2, 0.25) is 0 Å². The maximum absolute atomic E-state index is 12.7.